The number of hydrogen-bond acceptors (Lipinski definition) is 5. The van der Waals surface area contributed by atoms with E-state index in [0.717, 1.165) is 19.1 Å². The molecule has 0 amide bonds. The van der Waals surface area contributed by atoms with E-state index in [2.05, 4.69) is 9.72 Å². The number of halogens is 6. The van der Waals surface area contributed by atoms with E-state index >= 15 is 0 Å². The first-order chi connectivity index (χ1) is 12.0. The van der Waals surface area contributed by atoms with Crippen molar-refractivity contribution >= 4 is 28.6 Å². The molecule has 0 aliphatic rings. The fraction of sp³-hybridized carbons (Fsp3) is 0.214. The molecule has 1 heterocycles. The van der Waals surface area contributed by atoms with Crippen LogP contribution >= 0.6 is 22.6 Å². The van der Waals surface area contributed by atoms with Crippen LogP contribution in [0.3, 0.4) is 0 Å². The number of benzene rings is 1. The molecule has 140 valence electrons. The van der Waals surface area contributed by atoms with Crippen LogP contribution in [-0.2, 0) is 15.7 Å². The van der Waals surface area contributed by atoms with Crippen molar-refractivity contribution in [3.05, 3.63) is 49.5 Å². The van der Waals surface area contributed by atoms with Crippen molar-refractivity contribution in [2.45, 2.75) is 13.1 Å². The molecule has 0 unspecified atom stereocenters. The molecular formula is C14H8F5IN2O4. The average molecular weight is 490 g/mol. The first-order valence-corrected chi connectivity index (χ1v) is 7.71. The molecule has 2 aromatic rings. The molecule has 1 aromatic heterocycles. The summed E-state index contributed by atoms with van der Waals surface area (Å²) in [5.74, 6) is -2.89. The van der Waals surface area contributed by atoms with Gasteiger partial charge in [0.05, 0.1) is 9.26 Å². The molecule has 0 radical (unpaired) electrons. The topological polar surface area (TPSA) is 70.4 Å². The monoisotopic (exact) mass is 490 g/mol. The minimum Gasteiger partial charge on any atom is -0.428 e. The summed E-state index contributed by atoms with van der Waals surface area (Å²) in [6, 6.07) is 0.637. The van der Waals surface area contributed by atoms with E-state index in [0.29, 0.717) is 4.57 Å². The SMILES string of the molecule is CC(=O)OCOc1nc(C(F)(F)F)cc(=O)n1-c1cc(F)c(I)c(F)c1. The Balaban J connectivity index is 2.63. The van der Waals surface area contributed by atoms with E-state index < -0.39 is 53.5 Å². The van der Waals surface area contributed by atoms with Crippen LogP contribution in [0, 0.1) is 15.2 Å². The lowest BCUT2D eigenvalue weighted by Crippen LogP contribution is -2.26. The highest BCUT2D eigenvalue weighted by Crippen LogP contribution is 2.29. The van der Waals surface area contributed by atoms with Crippen molar-refractivity contribution in [3.8, 4) is 11.7 Å². The van der Waals surface area contributed by atoms with E-state index in [9.17, 15) is 31.5 Å². The minimum atomic E-state index is -4.97. The summed E-state index contributed by atoms with van der Waals surface area (Å²) >= 11 is 1.38. The molecule has 0 saturated heterocycles. The lowest BCUT2D eigenvalue weighted by molar-refractivity contribution is -0.149. The number of carbonyl (C=O) groups excluding carboxylic acids is 1. The second-order valence-corrected chi connectivity index (χ2v) is 5.80. The van der Waals surface area contributed by atoms with E-state index in [4.69, 9.17) is 4.74 Å². The zero-order valence-electron chi connectivity index (χ0n) is 12.7. The van der Waals surface area contributed by atoms with Gasteiger partial charge in [0.2, 0.25) is 6.79 Å². The van der Waals surface area contributed by atoms with Gasteiger partial charge in [-0.25, -0.2) is 13.3 Å². The second kappa shape index (κ2) is 7.55. The Morgan fingerprint density at radius 3 is 2.31 bits per heavy atom. The normalized spacial score (nSPS) is 11.3. The average Bonchev–Trinajstić information content (AvgIpc) is 2.50. The maximum atomic E-state index is 13.7. The standard InChI is InChI=1S/C14H8F5IN2O4/c1-6(23)25-5-26-13-21-10(14(17,18)19)4-11(24)22(13)7-2-8(15)12(20)9(16)3-7/h2-4H,5H2,1H3. The van der Waals surface area contributed by atoms with Gasteiger partial charge in [0.1, 0.15) is 11.6 Å². The molecule has 0 saturated carbocycles. The van der Waals surface area contributed by atoms with Crippen LogP contribution in [0.1, 0.15) is 12.6 Å². The van der Waals surface area contributed by atoms with Gasteiger partial charge in [0.15, 0.2) is 5.69 Å². The molecule has 1 aromatic carbocycles. The number of hydrogen-bond donors (Lipinski definition) is 0. The van der Waals surface area contributed by atoms with Crippen LogP contribution in [0.5, 0.6) is 6.01 Å². The van der Waals surface area contributed by atoms with E-state index in [1.165, 1.54) is 22.6 Å². The van der Waals surface area contributed by atoms with Gasteiger partial charge in [-0.1, -0.05) is 0 Å². The van der Waals surface area contributed by atoms with E-state index in [1.54, 1.807) is 0 Å². The summed E-state index contributed by atoms with van der Waals surface area (Å²) in [5.41, 5.74) is -3.34. The molecule has 0 spiro atoms. The van der Waals surface area contributed by atoms with Crippen LogP contribution in [0.2, 0.25) is 0 Å². The molecule has 0 aliphatic heterocycles. The van der Waals surface area contributed by atoms with Crippen molar-refractivity contribution in [2.75, 3.05) is 6.79 Å². The Bertz CT molecular complexity index is 890. The van der Waals surface area contributed by atoms with Gasteiger partial charge < -0.3 is 9.47 Å². The maximum Gasteiger partial charge on any atom is 0.433 e. The first-order valence-electron chi connectivity index (χ1n) is 6.63. The van der Waals surface area contributed by atoms with Gasteiger partial charge in [-0.2, -0.15) is 18.2 Å². The summed E-state index contributed by atoms with van der Waals surface area (Å²) in [6.45, 7) is 0.151. The first kappa shape index (κ1) is 20.1. The largest absolute Gasteiger partial charge is 0.433 e. The quantitative estimate of drug-likeness (QED) is 0.217. The van der Waals surface area contributed by atoms with Crippen molar-refractivity contribution in [1.29, 1.82) is 0 Å². The molecular weight excluding hydrogens is 482 g/mol. The highest BCUT2D eigenvalue weighted by atomic mass is 127. The van der Waals surface area contributed by atoms with Gasteiger partial charge >= 0.3 is 18.2 Å². The molecule has 0 fully saturated rings. The smallest absolute Gasteiger partial charge is 0.428 e. The summed E-state index contributed by atoms with van der Waals surface area (Å²) in [4.78, 5) is 26.0. The molecule has 0 aliphatic carbocycles. The van der Waals surface area contributed by atoms with Crippen LogP contribution in [0.15, 0.2) is 23.0 Å². The summed E-state index contributed by atoms with van der Waals surface area (Å²) < 4.78 is 75.3. The number of nitrogens with zero attached hydrogens (tertiary/aromatic N) is 2. The number of aromatic nitrogens is 2. The summed E-state index contributed by atoms with van der Waals surface area (Å²) in [7, 11) is 0. The third kappa shape index (κ3) is 4.47. The van der Waals surface area contributed by atoms with E-state index in [1.807, 2.05) is 0 Å². The summed E-state index contributed by atoms with van der Waals surface area (Å²) in [5, 5.41) is 0. The van der Waals surface area contributed by atoms with E-state index in [-0.39, 0.29) is 9.64 Å². The Kier molecular flexibility index (Phi) is 5.83. The third-order valence-electron chi connectivity index (χ3n) is 2.86. The Labute approximate surface area is 155 Å². The van der Waals surface area contributed by atoms with Gasteiger partial charge in [0.25, 0.3) is 5.56 Å². The number of rotatable bonds is 4. The van der Waals surface area contributed by atoms with Crippen molar-refractivity contribution in [3.63, 3.8) is 0 Å². The second-order valence-electron chi connectivity index (χ2n) is 4.72. The van der Waals surface area contributed by atoms with Gasteiger partial charge in [0, 0.05) is 13.0 Å². The van der Waals surface area contributed by atoms with Crippen LogP contribution in [0.25, 0.3) is 5.69 Å². The van der Waals surface area contributed by atoms with Gasteiger partial charge in [-0.15, -0.1) is 0 Å². The number of alkyl halides is 3. The summed E-state index contributed by atoms with van der Waals surface area (Å²) in [6.07, 6.45) is -4.97. The van der Waals surface area contributed by atoms with Gasteiger partial charge in [-0.05, 0) is 34.7 Å². The zero-order chi connectivity index (χ0) is 19.6. The fourth-order valence-electron chi connectivity index (χ4n) is 1.78. The Hall–Kier alpha value is -2.25. The van der Waals surface area contributed by atoms with Crippen molar-refractivity contribution < 1.29 is 36.2 Å². The highest BCUT2D eigenvalue weighted by Gasteiger charge is 2.34. The number of ether oxygens (including phenoxy) is 2. The highest BCUT2D eigenvalue weighted by molar-refractivity contribution is 14.1. The molecule has 0 atom stereocenters. The van der Waals surface area contributed by atoms with Crippen LogP contribution < -0.4 is 10.3 Å². The predicted molar refractivity (Wildman–Crippen MR) is 84.7 cm³/mol. The maximum absolute atomic E-state index is 13.7. The van der Waals surface area contributed by atoms with Crippen molar-refractivity contribution in [1.82, 2.24) is 9.55 Å². The van der Waals surface area contributed by atoms with Gasteiger partial charge in [-0.3, -0.25) is 9.59 Å². The number of esters is 1. The molecule has 0 N–H and O–H groups in total. The lowest BCUT2D eigenvalue weighted by Gasteiger charge is -2.15. The Morgan fingerprint density at radius 1 is 1.23 bits per heavy atom. The van der Waals surface area contributed by atoms with Crippen molar-refractivity contribution in [2.24, 2.45) is 0 Å². The fourth-order valence-corrected chi connectivity index (χ4v) is 2.09. The molecule has 6 nitrogen and oxygen atoms in total. The molecule has 0 bridgehead atoms. The lowest BCUT2D eigenvalue weighted by atomic mass is 10.3. The predicted octanol–water partition coefficient (Wildman–Crippen LogP) is 3.03. The Morgan fingerprint density at radius 2 is 1.81 bits per heavy atom. The third-order valence-corrected chi connectivity index (χ3v) is 3.89. The molecule has 26 heavy (non-hydrogen) atoms. The molecule has 2 rings (SSSR count). The van der Waals surface area contributed by atoms with Crippen LogP contribution in [-0.4, -0.2) is 22.3 Å². The zero-order valence-corrected chi connectivity index (χ0v) is 14.9. The van der Waals surface area contributed by atoms with Crippen LogP contribution in [0.4, 0.5) is 22.0 Å². The number of carbonyl (C=O) groups is 1. The minimum absolute atomic E-state index is 0.145. The molecule has 12 heteroatoms.